The minimum absolute atomic E-state index is 0.130. The maximum absolute atomic E-state index is 13.1. The van der Waals surface area contributed by atoms with Crippen LogP contribution in [0.2, 0.25) is 0 Å². The predicted octanol–water partition coefficient (Wildman–Crippen LogP) is 3.81. The van der Waals surface area contributed by atoms with Gasteiger partial charge in [-0.05, 0) is 43.2 Å². The number of amides is 1. The number of pyridine rings is 1. The highest BCUT2D eigenvalue weighted by Crippen LogP contribution is 2.27. The van der Waals surface area contributed by atoms with Gasteiger partial charge in [-0.2, -0.15) is 0 Å². The van der Waals surface area contributed by atoms with Gasteiger partial charge < -0.3 is 9.88 Å². The molecule has 2 aromatic rings. The Labute approximate surface area is 142 Å². The third-order valence-electron chi connectivity index (χ3n) is 5.27. The highest BCUT2D eigenvalue weighted by Gasteiger charge is 2.31. The van der Waals surface area contributed by atoms with Crippen molar-refractivity contribution in [3.63, 3.8) is 0 Å². The monoisotopic (exact) mass is 326 g/mol. The smallest absolute Gasteiger partial charge is 0.259 e. The number of nitrogens with zero attached hydrogens (tertiary/aromatic N) is 1. The Morgan fingerprint density at radius 3 is 2.71 bits per heavy atom. The van der Waals surface area contributed by atoms with Gasteiger partial charge in [0.2, 0.25) is 5.43 Å². The third-order valence-corrected chi connectivity index (χ3v) is 5.27. The number of H-pyrrole nitrogens is 1. The maximum atomic E-state index is 13.1. The lowest BCUT2D eigenvalue weighted by Crippen LogP contribution is -2.44. The zero-order chi connectivity index (χ0) is 17.3. The number of rotatable bonds is 2. The highest BCUT2D eigenvalue weighted by molar-refractivity contribution is 5.97. The van der Waals surface area contributed by atoms with Crippen molar-refractivity contribution >= 4 is 16.8 Å². The molecule has 128 valence electrons. The number of hydrogen-bond donors (Lipinski definition) is 1. The predicted molar refractivity (Wildman–Crippen MR) is 97.2 cm³/mol. The van der Waals surface area contributed by atoms with Gasteiger partial charge >= 0.3 is 0 Å². The van der Waals surface area contributed by atoms with E-state index in [-0.39, 0.29) is 22.9 Å². The summed E-state index contributed by atoms with van der Waals surface area (Å²) in [5, 5.41) is 0.577. The van der Waals surface area contributed by atoms with E-state index in [1.165, 1.54) is 0 Å². The highest BCUT2D eigenvalue weighted by atomic mass is 16.2. The van der Waals surface area contributed by atoms with E-state index in [1.807, 2.05) is 23.1 Å². The maximum Gasteiger partial charge on any atom is 0.259 e. The van der Waals surface area contributed by atoms with Crippen LogP contribution in [-0.4, -0.2) is 28.4 Å². The summed E-state index contributed by atoms with van der Waals surface area (Å²) in [6.07, 6.45) is 4.73. The molecule has 2 heterocycles. The fourth-order valence-corrected chi connectivity index (χ4v) is 3.71. The molecule has 1 N–H and O–H groups in total. The van der Waals surface area contributed by atoms with Crippen molar-refractivity contribution in [2.24, 2.45) is 11.8 Å². The average molecular weight is 326 g/mol. The fraction of sp³-hybridized carbons (Fsp3) is 0.500. The molecule has 1 aliphatic heterocycles. The van der Waals surface area contributed by atoms with Gasteiger partial charge in [0.05, 0.1) is 0 Å². The van der Waals surface area contributed by atoms with Crippen LogP contribution >= 0.6 is 0 Å². The van der Waals surface area contributed by atoms with Crippen LogP contribution < -0.4 is 5.43 Å². The molecule has 0 radical (unpaired) electrons. The molecule has 2 atom stereocenters. The molecule has 1 aliphatic rings. The molecule has 24 heavy (non-hydrogen) atoms. The SMILES string of the molecule is CC(C)[C@@H]1CC[C@@H](C)CCN1C(=O)c1c[nH]c2ccccc2c1=O. The molecule has 1 amide bonds. The van der Waals surface area contributed by atoms with Gasteiger partial charge in [0, 0.05) is 29.7 Å². The Bertz CT molecular complexity index is 794. The number of nitrogens with one attached hydrogen (secondary N) is 1. The Hall–Kier alpha value is -2.10. The molecule has 1 aromatic heterocycles. The molecule has 0 unspecified atom stereocenters. The first kappa shape index (κ1) is 16.7. The van der Waals surface area contributed by atoms with Gasteiger partial charge in [-0.25, -0.2) is 0 Å². The van der Waals surface area contributed by atoms with E-state index < -0.39 is 0 Å². The molecule has 0 bridgehead atoms. The summed E-state index contributed by atoms with van der Waals surface area (Å²) in [4.78, 5) is 31.0. The molecule has 0 aliphatic carbocycles. The van der Waals surface area contributed by atoms with Crippen molar-refractivity contribution in [1.82, 2.24) is 9.88 Å². The topological polar surface area (TPSA) is 53.2 Å². The quantitative estimate of drug-likeness (QED) is 0.912. The second kappa shape index (κ2) is 6.80. The Balaban J connectivity index is 2.00. The van der Waals surface area contributed by atoms with E-state index in [0.29, 0.717) is 17.2 Å². The van der Waals surface area contributed by atoms with Crippen LogP contribution in [0, 0.1) is 11.8 Å². The van der Waals surface area contributed by atoms with Crippen LogP contribution in [0.4, 0.5) is 0 Å². The molecule has 4 heteroatoms. The summed E-state index contributed by atoms with van der Waals surface area (Å²) in [6, 6.07) is 7.54. The molecule has 1 aromatic carbocycles. The second-order valence-electron chi connectivity index (χ2n) is 7.36. The number of benzene rings is 1. The summed E-state index contributed by atoms with van der Waals surface area (Å²) < 4.78 is 0. The number of fused-ring (bicyclic) bond motifs is 1. The van der Waals surface area contributed by atoms with Crippen molar-refractivity contribution < 1.29 is 4.79 Å². The number of likely N-dealkylation sites (tertiary alicyclic amines) is 1. The first-order valence-electron chi connectivity index (χ1n) is 8.90. The first-order chi connectivity index (χ1) is 11.5. The third kappa shape index (κ3) is 3.10. The van der Waals surface area contributed by atoms with Crippen molar-refractivity contribution in [3.8, 4) is 0 Å². The lowest BCUT2D eigenvalue weighted by molar-refractivity contribution is 0.0630. The van der Waals surface area contributed by atoms with Gasteiger partial charge in [0.15, 0.2) is 0 Å². The van der Waals surface area contributed by atoms with Gasteiger partial charge in [0.1, 0.15) is 5.56 Å². The van der Waals surface area contributed by atoms with Crippen LogP contribution in [0.5, 0.6) is 0 Å². The van der Waals surface area contributed by atoms with Crippen molar-refractivity contribution in [1.29, 1.82) is 0 Å². The number of carbonyl (C=O) groups is 1. The number of hydrogen-bond acceptors (Lipinski definition) is 2. The molecule has 1 saturated heterocycles. The summed E-state index contributed by atoms with van der Waals surface area (Å²) >= 11 is 0. The van der Waals surface area contributed by atoms with E-state index >= 15 is 0 Å². The largest absolute Gasteiger partial charge is 0.360 e. The molecule has 3 rings (SSSR count). The zero-order valence-electron chi connectivity index (χ0n) is 14.7. The van der Waals surface area contributed by atoms with E-state index in [4.69, 9.17) is 0 Å². The van der Waals surface area contributed by atoms with Gasteiger partial charge in [-0.15, -0.1) is 0 Å². The summed E-state index contributed by atoms with van der Waals surface area (Å²) in [7, 11) is 0. The summed E-state index contributed by atoms with van der Waals surface area (Å²) in [5.74, 6) is 0.882. The zero-order valence-corrected chi connectivity index (χ0v) is 14.7. The Morgan fingerprint density at radius 2 is 1.96 bits per heavy atom. The van der Waals surface area contributed by atoms with E-state index in [2.05, 4.69) is 25.8 Å². The van der Waals surface area contributed by atoms with E-state index in [0.717, 1.165) is 31.3 Å². The number of carbonyl (C=O) groups excluding carboxylic acids is 1. The molecular weight excluding hydrogens is 300 g/mol. The van der Waals surface area contributed by atoms with Crippen LogP contribution in [0.1, 0.15) is 50.4 Å². The fourth-order valence-electron chi connectivity index (χ4n) is 3.71. The first-order valence-corrected chi connectivity index (χ1v) is 8.90. The van der Waals surface area contributed by atoms with Crippen LogP contribution in [-0.2, 0) is 0 Å². The van der Waals surface area contributed by atoms with Gasteiger partial charge in [-0.3, -0.25) is 9.59 Å². The average Bonchev–Trinajstić information content (AvgIpc) is 2.77. The summed E-state index contributed by atoms with van der Waals surface area (Å²) in [5.41, 5.74) is 0.854. The normalized spacial score (nSPS) is 21.9. The van der Waals surface area contributed by atoms with Crippen molar-refractivity contribution in [2.45, 2.75) is 46.1 Å². The lowest BCUT2D eigenvalue weighted by atomic mass is 9.95. The number of para-hydroxylation sites is 1. The minimum atomic E-state index is -0.172. The minimum Gasteiger partial charge on any atom is -0.360 e. The molecule has 1 fully saturated rings. The molecule has 0 saturated carbocycles. The molecular formula is C20H26N2O2. The number of aromatic amines is 1. The standard InChI is InChI=1S/C20H26N2O2/c1-13(2)18-9-8-14(3)10-11-22(18)20(24)16-12-21-17-7-5-4-6-15(17)19(16)23/h4-7,12-14,18H,8-11H2,1-3H3,(H,21,23)/t14-,18+/m1/s1. The Morgan fingerprint density at radius 1 is 1.21 bits per heavy atom. The van der Waals surface area contributed by atoms with Crippen LogP contribution in [0.15, 0.2) is 35.3 Å². The molecule has 0 spiro atoms. The van der Waals surface area contributed by atoms with Crippen molar-refractivity contribution in [3.05, 3.63) is 46.2 Å². The van der Waals surface area contributed by atoms with E-state index in [9.17, 15) is 9.59 Å². The molecule has 4 nitrogen and oxygen atoms in total. The van der Waals surface area contributed by atoms with Crippen LogP contribution in [0.3, 0.4) is 0 Å². The van der Waals surface area contributed by atoms with Gasteiger partial charge in [0.25, 0.3) is 5.91 Å². The van der Waals surface area contributed by atoms with E-state index in [1.54, 1.807) is 12.3 Å². The lowest BCUT2D eigenvalue weighted by Gasteiger charge is -2.32. The summed E-state index contributed by atoms with van der Waals surface area (Å²) in [6.45, 7) is 7.29. The van der Waals surface area contributed by atoms with Gasteiger partial charge in [-0.1, -0.05) is 32.9 Å². The van der Waals surface area contributed by atoms with Crippen LogP contribution in [0.25, 0.3) is 10.9 Å². The second-order valence-corrected chi connectivity index (χ2v) is 7.36. The van der Waals surface area contributed by atoms with Crippen molar-refractivity contribution in [2.75, 3.05) is 6.54 Å². The Kier molecular flexibility index (Phi) is 4.74. The number of aromatic nitrogens is 1.